The quantitative estimate of drug-likeness (QED) is 0.336. The molecule has 1 unspecified atom stereocenters. The van der Waals surface area contributed by atoms with E-state index in [9.17, 15) is 9.59 Å². The average molecular weight is 442 g/mol. The predicted molar refractivity (Wildman–Crippen MR) is 130 cm³/mol. The van der Waals surface area contributed by atoms with Crippen molar-refractivity contribution in [2.75, 3.05) is 4.90 Å². The van der Waals surface area contributed by atoms with Crippen molar-refractivity contribution in [2.24, 2.45) is 7.05 Å². The van der Waals surface area contributed by atoms with E-state index in [4.69, 9.17) is 0 Å². The van der Waals surface area contributed by atoms with Crippen molar-refractivity contribution in [1.29, 1.82) is 0 Å². The van der Waals surface area contributed by atoms with Crippen LogP contribution in [0.2, 0.25) is 0 Å². The summed E-state index contributed by atoms with van der Waals surface area (Å²) in [6.07, 6.45) is 1.78. The molecule has 1 atom stereocenters. The zero-order chi connectivity index (χ0) is 22.2. The normalized spacial score (nSPS) is 13.9. The summed E-state index contributed by atoms with van der Waals surface area (Å²) in [4.78, 5) is 33.1. The Bertz CT molecular complexity index is 1350. The molecule has 1 aliphatic heterocycles. The molecule has 2 heterocycles. The van der Waals surface area contributed by atoms with Crippen molar-refractivity contribution >= 4 is 39.9 Å². The van der Waals surface area contributed by atoms with Gasteiger partial charge >= 0.3 is 0 Å². The Morgan fingerprint density at radius 2 is 1.47 bits per heavy atom. The minimum absolute atomic E-state index is 0.0285. The van der Waals surface area contributed by atoms with Crippen LogP contribution in [0.1, 0.15) is 18.1 Å². The molecule has 5 rings (SSSR count). The molecule has 160 valence electrons. The van der Waals surface area contributed by atoms with Gasteiger partial charge in [-0.05, 0) is 55.2 Å². The number of hydrogen-bond donors (Lipinski definition) is 0. The third-order valence-electron chi connectivity index (χ3n) is 5.92. The largest absolute Gasteiger partial charge is 0.290 e. The number of aromatic nitrogens is 2. The van der Waals surface area contributed by atoms with Crippen LogP contribution in [-0.4, -0.2) is 20.7 Å². The first kappa shape index (κ1) is 20.5. The molecular formula is C26H23N3O2S. The van der Waals surface area contributed by atoms with Gasteiger partial charge in [-0.3, -0.25) is 19.1 Å². The van der Waals surface area contributed by atoms with Crippen LogP contribution < -0.4 is 10.5 Å². The summed E-state index contributed by atoms with van der Waals surface area (Å²) in [5.74, 6) is -0.0285. The first-order chi connectivity index (χ1) is 15.5. The Hall–Kier alpha value is -3.38. The summed E-state index contributed by atoms with van der Waals surface area (Å²) < 4.78 is 1.53. The van der Waals surface area contributed by atoms with Crippen molar-refractivity contribution in [2.45, 2.75) is 30.2 Å². The monoisotopic (exact) mass is 441 g/mol. The van der Waals surface area contributed by atoms with Crippen LogP contribution >= 0.6 is 11.8 Å². The molecule has 1 aromatic heterocycles. The van der Waals surface area contributed by atoms with Gasteiger partial charge in [-0.1, -0.05) is 60.3 Å². The highest BCUT2D eigenvalue weighted by atomic mass is 32.2. The fraction of sp³-hybridized carbons (Fsp3) is 0.192. The van der Waals surface area contributed by atoms with Gasteiger partial charge in [0.05, 0.1) is 27.5 Å². The van der Waals surface area contributed by atoms with Crippen LogP contribution in [0.3, 0.4) is 0 Å². The zero-order valence-corrected chi connectivity index (χ0v) is 18.8. The van der Waals surface area contributed by atoms with Gasteiger partial charge in [-0.15, -0.1) is 0 Å². The summed E-state index contributed by atoms with van der Waals surface area (Å²) in [6, 6.07) is 23.5. The van der Waals surface area contributed by atoms with Gasteiger partial charge in [-0.2, -0.15) is 0 Å². The Morgan fingerprint density at radius 1 is 0.906 bits per heavy atom. The second kappa shape index (κ2) is 8.28. The van der Waals surface area contributed by atoms with Crippen molar-refractivity contribution in [3.8, 4) is 0 Å². The van der Waals surface area contributed by atoms with Crippen molar-refractivity contribution < 1.29 is 4.79 Å². The highest BCUT2D eigenvalue weighted by Gasteiger charge is 2.30. The van der Waals surface area contributed by atoms with Crippen LogP contribution in [0.15, 0.2) is 82.7 Å². The summed E-state index contributed by atoms with van der Waals surface area (Å²) in [7, 11) is 1.71. The first-order valence-corrected chi connectivity index (χ1v) is 11.5. The van der Waals surface area contributed by atoms with Gasteiger partial charge in [0.1, 0.15) is 0 Å². The lowest BCUT2D eigenvalue weighted by atomic mass is 10.0. The number of benzene rings is 3. The number of nitrogens with zero attached hydrogens (tertiary/aromatic N) is 3. The molecular weight excluding hydrogens is 418 g/mol. The molecule has 3 aromatic carbocycles. The van der Waals surface area contributed by atoms with E-state index in [1.54, 1.807) is 13.1 Å². The Kier molecular flexibility index (Phi) is 5.31. The second-order valence-electron chi connectivity index (χ2n) is 7.97. The molecule has 1 aliphatic rings. The molecule has 0 fully saturated rings. The number of hydrogen-bond acceptors (Lipinski definition) is 4. The highest BCUT2D eigenvalue weighted by molar-refractivity contribution is 8.00. The number of aryl methyl sites for hydroxylation is 2. The number of amides is 1. The number of para-hydroxylation sites is 3. The third-order valence-corrected chi connectivity index (χ3v) is 7.05. The Balaban J connectivity index is 1.54. The van der Waals surface area contributed by atoms with Gasteiger partial charge in [0.2, 0.25) is 5.91 Å². The third kappa shape index (κ3) is 3.50. The summed E-state index contributed by atoms with van der Waals surface area (Å²) in [5, 5.41) is 0.674. The van der Waals surface area contributed by atoms with E-state index < -0.39 is 5.25 Å². The fourth-order valence-corrected chi connectivity index (χ4v) is 5.13. The van der Waals surface area contributed by atoms with Crippen LogP contribution in [-0.2, 0) is 24.7 Å². The first-order valence-electron chi connectivity index (χ1n) is 10.7. The van der Waals surface area contributed by atoms with Gasteiger partial charge in [-0.25, -0.2) is 4.98 Å². The maximum atomic E-state index is 13.8. The van der Waals surface area contributed by atoms with E-state index in [2.05, 4.69) is 17.1 Å². The molecule has 0 saturated carbocycles. The second-order valence-corrected chi connectivity index (χ2v) is 9.27. The van der Waals surface area contributed by atoms with Crippen LogP contribution in [0, 0.1) is 0 Å². The minimum Gasteiger partial charge on any atom is -0.290 e. The lowest BCUT2D eigenvalue weighted by molar-refractivity contribution is -0.117. The predicted octanol–water partition coefficient (Wildman–Crippen LogP) is 4.88. The molecule has 5 nitrogen and oxygen atoms in total. The van der Waals surface area contributed by atoms with Crippen LogP contribution in [0.4, 0.5) is 11.4 Å². The zero-order valence-electron chi connectivity index (χ0n) is 18.0. The number of fused-ring (bicyclic) bond motifs is 3. The number of thioether (sulfide) groups is 1. The number of anilines is 2. The van der Waals surface area contributed by atoms with E-state index in [-0.39, 0.29) is 11.5 Å². The van der Waals surface area contributed by atoms with Crippen LogP contribution in [0.25, 0.3) is 10.9 Å². The standard InChI is InChI=1S/C26H23N3O2S/c1-17(32-26-27-21-12-6-5-11-20(21)25(31)28(26)2)24(30)29-22-13-7-3-9-18(22)15-16-19-10-4-8-14-23(19)29/h3-14,17H,15-16H2,1-2H3. The van der Waals surface area contributed by atoms with Crippen molar-refractivity contribution in [1.82, 2.24) is 9.55 Å². The van der Waals surface area contributed by atoms with Gasteiger partial charge in [0.25, 0.3) is 5.56 Å². The van der Waals surface area contributed by atoms with Crippen LogP contribution in [0.5, 0.6) is 0 Å². The number of carbonyl (C=O) groups is 1. The molecule has 0 saturated heterocycles. The molecule has 0 aliphatic carbocycles. The summed E-state index contributed by atoms with van der Waals surface area (Å²) >= 11 is 1.32. The fourth-order valence-electron chi connectivity index (χ4n) is 4.21. The van der Waals surface area contributed by atoms with E-state index in [1.807, 2.05) is 66.4 Å². The van der Waals surface area contributed by atoms with E-state index >= 15 is 0 Å². The molecule has 6 heteroatoms. The van der Waals surface area contributed by atoms with Crippen molar-refractivity contribution in [3.63, 3.8) is 0 Å². The Morgan fingerprint density at radius 3 is 2.12 bits per heavy atom. The van der Waals surface area contributed by atoms with Gasteiger partial charge in [0, 0.05) is 7.05 Å². The lowest BCUT2D eigenvalue weighted by Gasteiger charge is -2.27. The lowest BCUT2D eigenvalue weighted by Crippen LogP contribution is -2.34. The maximum absolute atomic E-state index is 13.8. The Labute approximate surface area is 190 Å². The molecule has 0 radical (unpaired) electrons. The SMILES string of the molecule is CC(Sc1nc2ccccc2c(=O)n1C)C(=O)N1c2ccccc2CCc2ccccc21. The smallest absolute Gasteiger partial charge is 0.261 e. The van der Waals surface area contributed by atoms with E-state index in [1.165, 1.54) is 16.3 Å². The average Bonchev–Trinajstić information content (AvgIpc) is 2.99. The van der Waals surface area contributed by atoms with E-state index in [0.717, 1.165) is 35.3 Å². The number of carbonyl (C=O) groups excluding carboxylic acids is 1. The molecule has 0 bridgehead atoms. The maximum Gasteiger partial charge on any atom is 0.261 e. The molecule has 4 aromatic rings. The summed E-state index contributed by atoms with van der Waals surface area (Å²) in [6.45, 7) is 1.88. The minimum atomic E-state index is -0.437. The number of rotatable bonds is 3. The molecule has 1 amide bonds. The van der Waals surface area contributed by atoms with Crippen molar-refractivity contribution in [3.05, 3.63) is 94.3 Å². The summed E-state index contributed by atoms with van der Waals surface area (Å²) in [5.41, 5.74) is 4.70. The topological polar surface area (TPSA) is 55.2 Å². The molecule has 0 spiro atoms. The van der Waals surface area contributed by atoms with Gasteiger partial charge < -0.3 is 0 Å². The van der Waals surface area contributed by atoms with Gasteiger partial charge in [0.15, 0.2) is 5.16 Å². The van der Waals surface area contributed by atoms with E-state index in [0.29, 0.717) is 16.1 Å². The molecule has 0 N–H and O–H groups in total. The molecule has 32 heavy (non-hydrogen) atoms. The highest BCUT2D eigenvalue weighted by Crippen LogP contribution is 2.38.